The topological polar surface area (TPSA) is 119 Å². The number of aliphatic hydroxyl groups excluding tert-OH is 1. The van der Waals surface area contributed by atoms with Crippen molar-refractivity contribution in [3.05, 3.63) is 34.2 Å². The summed E-state index contributed by atoms with van der Waals surface area (Å²) in [5.74, 6) is -2.22. The Morgan fingerprint density at radius 1 is 1.50 bits per heavy atom. The van der Waals surface area contributed by atoms with Crippen LogP contribution in [0.5, 0.6) is 0 Å². The summed E-state index contributed by atoms with van der Waals surface area (Å²) in [5.41, 5.74) is -0.829. The molecule has 0 spiro atoms. The molecule has 1 rings (SSSR count). The number of H-pyrrole nitrogens is 1. The number of nitrogens with one attached hydrogen (secondary N) is 2. The highest BCUT2D eigenvalue weighted by molar-refractivity contribution is 5.96. The third-order valence-corrected chi connectivity index (χ3v) is 1.85. The Labute approximate surface area is 89.7 Å². The number of aliphatic carboxylic acids is 1. The fraction of sp³-hybridized carbons (Fsp3) is 0.222. The highest BCUT2D eigenvalue weighted by atomic mass is 16.4. The summed E-state index contributed by atoms with van der Waals surface area (Å²) in [4.78, 5) is 35.4. The van der Waals surface area contributed by atoms with E-state index in [0.29, 0.717) is 0 Å². The molecule has 1 unspecified atom stereocenters. The van der Waals surface area contributed by atoms with Gasteiger partial charge >= 0.3 is 5.97 Å². The Kier molecular flexibility index (Phi) is 3.78. The average molecular weight is 226 g/mol. The number of aromatic nitrogens is 1. The van der Waals surface area contributed by atoms with Gasteiger partial charge in [0.1, 0.15) is 5.56 Å². The third kappa shape index (κ3) is 2.67. The number of hydrogen-bond donors (Lipinski definition) is 4. The summed E-state index contributed by atoms with van der Waals surface area (Å²) >= 11 is 0. The first-order valence-electron chi connectivity index (χ1n) is 4.38. The molecule has 1 amide bonds. The highest BCUT2D eigenvalue weighted by Crippen LogP contribution is 1.91. The minimum atomic E-state index is -1.42. The van der Waals surface area contributed by atoms with Gasteiger partial charge < -0.3 is 20.5 Å². The van der Waals surface area contributed by atoms with E-state index in [1.165, 1.54) is 18.3 Å². The lowest BCUT2D eigenvalue weighted by atomic mass is 10.2. The van der Waals surface area contributed by atoms with Gasteiger partial charge in [-0.1, -0.05) is 0 Å². The summed E-state index contributed by atoms with van der Waals surface area (Å²) in [6.45, 7) is -0.744. The van der Waals surface area contributed by atoms with E-state index in [0.717, 1.165) is 0 Å². The van der Waals surface area contributed by atoms with E-state index in [2.05, 4.69) is 4.98 Å². The van der Waals surface area contributed by atoms with Gasteiger partial charge in [-0.25, -0.2) is 4.79 Å². The Hall–Kier alpha value is -2.15. The number of rotatable bonds is 4. The Morgan fingerprint density at radius 2 is 2.19 bits per heavy atom. The molecule has 0 fully saturated rings. The van der Waals surface area contributed by atoms with Crippen LogP contribution >= 0.6 is 0 Å². The maximum atomic E-state index is 11.4. The number of amides is 1. The van der Waals surface area contributed by atoms with Crippen molar-refractivity contribution < 1.29 is 19.8 Å². The Balaban J connectivity index is 2.84. The van der Waals surface area contributed by atoms with Gasteiger partial charge in [0, 0.05) is 6.20 Å². The monoisotopic (exact) mass is 226 g/mol. The van der Waals surface area contributed by atoms with Crippen molar-refractivity contribution in [2.75, 3.05) is 6.61 Å². The van der Waals surface area contributed by atoms with Crippen LogP contribution in [-0.4, -0.2) is 39.7 Å². The van der Waals surface area contributed by atoms with Crippen molar-refractivity contribution in [3.63, 3.8) is 0 Å². The van der Waals surface area contributed by atoms with Crippen molar-refractivity contribution in [1.29, 1.82) is 0 Å². The van der Waals surface area contributed by atoms with E-state index in [9.17, 15) is 14.4 Å². The van der Waals surface area contributed by atoms with E-state index < -0.39 is 30.1 Å². The molecule has 0 aliphatic carbocycles. The maximum absolute atomic E-state index is 11.4. The van der Waals surface area contributed by atoms with Crippen molar-refractivity contribution in [1.82, 2.24) is 10.3 Å². The zero-order chi connectivity index (χ0) is 12.1. The molecule has 7 heteroatoms. The van der Waals surface area contributed by atoms with Crippen LogP contribution in [0.15, 0.2) is 23.1 Å². The van der Waals surface area contributed by atoms with Crippen LogP contribution in [0, 0.1) is 0 Å². The first kappa shape index (κ1) is 11.9. The van der Waals surface area contributed by atoms with E-state index in [4.69, 9.17) is 10.2 Å². The molecule has 4 N–H and O–H groups in total. The van der Waals surface area contributed by atoms with Gasteiger partial charge in [0.25, 0.3) is 11.5 Å². The van der Waals surface area contributed by atoms with Gasteiger partial charge in [0.15, 0.2) is 6.04 Å². The summed E-state index contributed by atoms with van der Waals surface area (Å²) in [6.07, 6.45) is 1.35. The first-order valence-corrected chi connectivity index (χ1v) is 4.38. The molecule has 0 aliphatic rings. The van der Waals surface area contributed by atoms with Crippen LogP contribution in [0.25, 0.3) is 0 Å². The van der Waals surface area contributed by atoms with Crippen LogP contribution in [0.4, 0.5) is 0 Å². The largest absolute Gasteiger partial charge is 0.480 e. The molecular weight excluding hydrogens is 216 g/mol. The van der Waals surface area contributed by atoms with Crippen LogP contribution in [0.1, 0.15) is 10.4 Å². The molecule has 0 saturated heterocycles. The number of carbonyl (C=O) groups excluding carboxylic acids is 1. The van der Waals surface area contributed by atoms with Gasteiger partial charge in [-0.2, -0.15) is 0 Å². The Morgan fingerprint density at radius 3 is 2.69 bits per heavy atom. The quantitative estimate of drug-likeness (QED) is 0.500. The number of carboxylic acids is 1. The predicted molar refractivity (Wildman–Crippen MR) is 53.0 cm³/mol. The molecule has 0 radical (unpaired) electrons. The molecule has 0 aromatic carbocycles. The first-order chi connectivity index (χ1) is 7.56. The van der Waals surface area contributed by atoms with Gasteiger partial charge in [-0.3, -0.25) is 9.59 Å². The number of carboxylic acid groups (broad SMARTS) is 1. The van der Waals surface area contributed by atoms with Gasteiger partial charge in [-0.15, -0.1) is 0 Å². The maximum Gasteiger partial charge on any atom is 0.328 e. The molecule has 7 nitrogen and oxygen atoms in total. The average Bonchev–Trinajstić information content (AvgIpc) is 2.25. The minimum Gasteiger partial charge on any atom is -0.480 e. The van der Waals surface area contributed by atoms with Crippen molar-refractivity contribution in [2.24, 2.45) is 0 Å². The van der Waals surface area contributed by atoms with Gasteiger partial charge in [0.2, 0.25) is 0 Å². The second-order valence-electron chi connectivity index (χ2n) is 2.96. The fourth-order valence-electron chi connectivity index (χ4n) is 1.02. The molecule has 1 heterocycles. The summed E-state index contributed by atoms with van der Waals surface area (Å²) in [6, 6.07) is 1.27. The number of hydrogen-bond acceptors (Lipinski definition) is 4. The number of aliphatic hydroxyl groups is 1. The third-order valence-electron chi connectivity index (χ3n) is 1.85. The van der Waals surface area contributed by atoms with Crippen LogP contribution in [-0.2, 0) is 4.79 Å². The van der Waals surface area contributed by atoms with Crippen molar-refractivity contribution in [3.8, 4) is 0 Å². The standard InChI is InChI=1S/C9H10N2O5/c12-4-6(9(15)16)11-8(14)5-2-1-3-10-7(5)13/h1-3,6,12H,4H2,(H,10,13)(H,11,14)(H,15,16). The lowest BCUT2D eigenvalue weighted by Crippen LogP contribution is -2.44. The van der Waals surface area contributed by atoms with E-state index in [-0.39, 0.29) is 5.56 Å². The van der Waals surface area contributed by atoms with Crippen molar-refractivity contribution >= 4 is 11.9 Å². The minimum absolute atomic E-state index is 0.206. The lowest BCUT2D eigenvalue weighted by molar-refractivity contribution is -0.140. The predicted octanol–water partition coefficient (Wildman–Crippen LogP) is -1.45. The normalized spacial score (nSPS) is 11.8. The van der Waals surface area contributed by atoms with Gasteiger partial charge in [-0.05, 0) is 12.1 Å². The zero-order valence-corrected chi connectivity index (χ0v) is 8.14. The fourth-order valence-corrected chi connectivity index (χ4v) is 1.02. The summed E-state index contributed by atoms with van der Waals surface area (Å²) in [7, 11) is 0. The number of aromatic amines is 1. The molecule has 0 saturated carbocycles. The molecular formula is C9H10N2O5. The highest BCUT2D eigenvalue weighted by Gasteiger charge is 2.20. The number of pyridine rings is 1. The molecule has 86 valence electrons. The molecule has 1 aromatic heterocycles. The molecule has 16 heavy (non-hydrogen) atoms. The van der Waals surface area contributed by atoms with E-state index in [1.807, 2.05) is 5.32 Å². The second kappa shape index (κ2) is 5.08. The van der Waals surface area contributed by atoms with E-state index >= 15 is 0 Å². The van der Waals surface area contributed by atoms with Crippen LogP contribution < -0.4 is 10.9 Å². The zero-order valence-electron chi connectivity index (χ0n) is 8.14. The SMILES string of the molecule is O=C(NC(CO)C(=O)O)c1ccc[nH]c1=O. The molecule has 1 aromatic rings. The summed E-state index contributed by atoms with van der Waals surface area (Å²) in [5, 5.41) is 19.3. The van der Waals surface area contributed by atoms with Gasteiger partial charge in [0.05, 0.1) is 6.61 Å². The van der Waals surface area contributed by atoms with E-state index in [1.54, 1.807) is 0 Å². The molecule has 1 atom stereocenters. The second-order valence-corrected chi connectivity index (χ2v) is 2.96. The van der Waals surface area contributed by atoms with Crippen LogP contribution in [0.3, 0.4) is 0 Å². The van der Waals surface area contributed by atoms with Crippen molar-refractivity contribution in [2.45, 2.75) is 6.04 Å². The Bertz CT molecular complexity index is 453. The molecule has 0 bridgehead atoms. The number of carbonyl (C=O) groups is 2. The summed E-state index contributed by atoms with van der Waals surface area (Å²) < 4.78 is 0. The van der Waals surface area contributed by atoms with Crippen LogP contribution in [0.2, 0.25) is 0 Å². The lowest BCUT2D eigenvalue weighted by Gasteiger charge is -2.10. The smallest absolute Gasteiger partial charge is 0.328 e. The molecule has 0 aliphatic heterocycles.